The van der Waals surface area contributed by atoms with Gasteiger partial charge in [-0.25, -0.2) is 0 Å². The molecule has 1 rings (SSSR count). The predicted octanol–water partition coefficient (Wildman–Crippen LogP) is 2.08. The zero-order valence-corrected chi connectivity index (χ0v) is 8.41. The summed E-state index contributed by atoms with van der Waals surface area (Å²) in [4.78, 5) is 0. The number of ketones is 1. The first kappa shape index (κ1) is 10.3. The lowest BCUT2D eigenvalue weighted by Gasteiger charge is -1.90. The molecule has 0 bridgehead atoms. The van der Waals surface area contributed by atoms with Crippen molar-refractivity contribution in [3.8, 4) is 0 Å². The second-order valence-corrected chi connectivity index (χ2v) is 2.57. The average molecular weight is 189 g/mol. The summed E-state index contributed by atoms with van der Waals surface area (Å²) in [5.74, 6) is 0.837. The Morgan fingerprint density at radius 3 is 2.64 bits per heavy atom. The van der Waals surface area contributed by atoms with Gasteiger partial charge in [0.15, 0.2) is 0 Å². The molecule has 0 unspecified atom stereocenters. The smallest absolute Gasteiger partial charge is 0.343 e. The summed E-state index contributed by atoms with van der Waals surface area (Å²) in [5.41, 5.74) is 6.69. The summed E-state index contributed by atoms with van der Waals surface area (Å²) >= 11 is 0. The highest BCUT2D eigenvalue weighted by molar-refractivity contribution is 6.01. The lowest BCUT2D eigenvalue weighted by atomic mass is 10.1. The van der Waals surface area contributed by atoms with Crippen LogP contribution in [0.5, 0.6) is 0 Å². The molecular weight excluding hydrogens is 176 g/mol. The number of allylic oxidation sites excluding steroid dienone is 5. The Morgan fingerprint density at radius 1 is 1.36 bits per heavy atom. The van der Waals surface area contributed by atoms with Crippen LogP contribution in [0.25, 0.3) is 0 Å². The molecule has 0 saturated heterocycles. The van der Waals surface area contributed by atoms with Gasteiger partial charge in [0.1, 0.15) is 6.26 Å². The van der Waals surface area contributed by atoms with Gasteiger partial charge in [0.25, 0.3) is 7.11 Å². The number of hydrogen-bond acceptors (Lipinski definition) is 1. The molecule has 0 saturated carbocycles. The molecule has 0 amide bonds. The highest BCUT2D eigenvalue weighted by atomic mass is 16.5. The number of carbonyl (C=O) groups excluding carboxylic acids is 1. The molecule has 0 aromatic carbocycles. The van der Waals surface area contributed by atoms with Crippen LogP contribution < -0.4 is 0 Å². The molecule has 0 aromatic rings. The van der Waals surface area contributed by atoms with Crippen LogP contribution in [0.2, 0.25) is 0 Å². The van der Waals surface area contributed by atoms with Crippen molar-refractivity contribution in [3.63, 3.8) is 0 Å². The van der Waals surface area contributed by atoms with Gasteiger partial charge in [-0.1, -0.05) is 5.73 Å². The van der Waals surface area contributed by atoms with E-state index in [1.165, 1.54) is 6.26 Å². The van der Waals surface area contributed by atoms with Crippen LogP contribution in [0.15, 0.2) is 47.6 Å². The molecule has 0 spiro atoms. The molecule has 1 aliphatic rings. The van der Waals surface area contributed by atoms with E-state index in [2.05, 4.69) is 11.5 Å². The maximum absolute atomic E-state index is 5.03. The molecule has 1 aliphatic carbocycles. The van der Waals surface area contributed by atoms with E-state index < -0.39 is 0 Å². The van der Waals surface area contributed by atoms with Gasteiger partial charge in [-0.05, 0) is 24.8 Å². The Balaban J connectivity index is 2.75. The van der Waals surface area contributed by atoms with E-state index in [9.17, 15) is 0 Å². The minimum atomic E-state index is 0.650. The normalized spacial score (nSPS) is 13.3. The third kappa shape index (κ3) is 3.32. The molecule has 0 fully saturated rings. The molecule has 2 heteroatoms. The van der Waals surface area contributed by atoms with E-state index in [-0.39, 0.29) is 0 Å². The van der Waals surface area contributed by atoms with Crippen molar-refractivity contribution in [2.75, 3.05) is 13.7 Å². The highest BCUT2D eigenvalue weighted by Crippen LogP contribution is 2.03. The standard InChI is InChI=1S/C12H13O2/c1-3-14-10-4-5-11-6-8-12(13-2)9-7-11/h6-10H,3H2,1-2H3/q+1. The fourth-order valence-corrected chi connectivity index (χ4v) is 0.912. The van der Waals surface area contributed by atoms with Crippen molar-refractivity contribution in [3.05, 3.63) is 47.6 Å². The average Bonchev–Trinajstić information content (AvgIpc) is 2.25. The van der Waals surface area contributed by atoms with Crippen LogP contribution in [0.1, 0.15) is 6.92 Å². The fraction of sp³-hybridized carbons (Fsp3) is 0.250. The first-order valence-electron chi connectivity index (χ1n) is 4.45. The third-order valence-electron chi connectivity index (χ3n) is 1.62. The van der Waals surface area contributed by atoms with E-state index in [1.54, 1.807) is 7.11 Å². The zero-order chi connectivity index (χ0) is 10.2. The molecule has 2 nitrogen and oxygen atoms in total. The molecule has 0 atom stereocenters. The Morgan fingerprint density at radius 2 is 2.07 bits per heavy atom. The number of rotatable bonds is 2. The quantitative estimate of drug-likeness (QED) is 0.370. The summed E-state index contributed by atoms with van der Waals surface area (Å²) in [6, 6.07) is 0. The Bertz CT molecular complexity index is 353. The second-order valence-electron chi connectivity index (χ2n) is 2.57. The lowest BCUT2D eigenvalue weighted by molar-refractivity contribution is -0.417. The van der Waals surface area contributed by atoms with Gasteiger partial charge < -0.3 is 4.74 Å². The zero-order valence-electron chi connectivity index (χ0n) is 8.41. The Kier molecular flexibility index (Phi) is 4.30. The molecule has 0 N–H and O–H groups in total. The van der Waals surface area contributed by atoms with Crippen LogP contribution in [0.3, 0.4) is 0 Å². The van der Waals surface area contributed by atoms with Crippen molar-refractivity contribution in [2.45, 2.75) is 6.92 Å². The largest absolute Gasteiger partial charge is 0.493 e. The first-order chi connectivity index (χ1) is 6.86. The van der Waals surface area contributed by atoms with Crippen molar-refractivity contribution >= 4 is 5.78 Å². The van der Waals surface area contributed by atoms with Crippen molar-refractivity contribution in [1.82, 2.24) is 0 Å². The number of ether oxygens (including phenoxy) is 1. The van der Waals surface area contributed by atoms with Crippen LogP contribution in [-0.4, -0.2) is 19.5 Å². The third-order valence-corrected chi connectivity index (χ3v) is 1.62. The van der Waals surface area contributed by atoms with E-state index in [4.69, 9.17) is 9.16 Å². The van der Waals surface area contributed by atoms with Gasteiger partial charge in [-0.2, -0.15) is 0 Å². The summed E-state index contributed by atoms with van der Waals surface area (Å²) < 4.78 is 10.0. The monoisotopic (exact) mass is 189 g/mol. The van der Waals surface area contributed by atoms with E-state index in [0.29, 0.717) is 6.61 Å². The van der Waals surface area contributed by atoms with Crippen LogP contribution in [-0.2, 0) is 9.16 Å². The van der Waals surface area contributed by atoms with E-state index in [0.717, 1.165) is 11.4 Å². The second kappa shape index (κ2) is 5.82. The minimum Gasteiger partial charge on any atom is -0.493 e. The maximum Gasteiger partial charge on any atom is 0.343 e. The Hall–Kier alpha value is -1.75. The summed E-state index contributed by atoms with van der Waals surface area (Å²) in [5, 5.41) is 0. The van der Waals surface area contributed by atoms with Gasteiger partial charge in [0.2, 0.25) is 0 Å². The summed E-state index contributed by atoms with van der Waals surface area (Å²) in [6.07, 6.45) is 9.08. The maximum atomic E-state index is 5.03. The molecular formula is C12H13O2+. The molecule has 0 aromatic heterocycles. The summed E-state index contributed by atoms with van der Waals surface area (Å²) in [6.45, 7) is 2.57. The van der Waals surface area contributed by atoms with E-state index >= 15 is 0 Å². The molecule has 0 radical (unpaired) electrons. The van der Waals surface area contributed by atoms with Gasteiger partial charge >= 0.3 is 5.78 Å². The van der Waals surface area contributed by atoms with Crippen molar-refractivity contribution < 1.29 is 9.16 Å². The highest BCUT2D eigenvalue weighted by Gasteiger charge is 2.03. The Labute approximate surface area is 83.9 Å². The molecule has 14 heavy (non-hydrogen) atoms. The molecule has 72 valence electrons. The predicted molar refractivity (Wildman–Crippen MR) is 55.9 cm³/mol. The summed E-state index contributed by atoms with van der Waals surface area (Å²) in [7, 11) is 1.64. The van der Waals surface area contributed by atoms with E-state index in [1.807, 2.05) is 31.2 Å². The van der Waals surface area contributed by atoms with Crippen LogP contribution in [0.4, 0.5) is 0 Å². The van der Waals surface area contributed by atoms with Crippen LogP contribution in [0, 0.1) is 0 Å². The fourth-order valence-electron chi connectivity index (χ4n) is 0.912. The van der Waals surface area contributed by atoms with Crippen molar-refractivity contribution in [1.29, 1.82) is 0 Å². The van der Waals surface area contributed by atoms with Gasteiger partial charge in [-0.15, -0.1) is 0 Å². The lowest BCUT2D eigenvalue weighted by Crippen LogP contribution is -1.94. The minimum absolute atomic E-state index is 0.650. The topological polar surface area (TPSA) is 20.5 Å². The molecule has 0 heterocycles. The van der Waals surface area contributed by atoms with Crippen LogP contribution >= 0.6 is 0 Å². The van der Waals surface area contributed by atoms with Gasteiger partial charge in [-0.3, -0.25) is 4.42 Å². The van der Waals surface area contributed by atoms with Crippen molar-refractivity contribution in [2.24, 2.45) is 0 Å². The first-order valence-corrected chi connectivity index (χ1v) is 4.45. The van der Waals surface area contributed by atoms with Gasteiger partial charge in [0, 0.05) is 17.7 Å². The van der Waals surface area contributed by atoms with Gasteiger partial charge in [0.05, 0.1) is 6.61 Å². The number of hydrogen-bond donors (Lipinski definition) is 0. The SMILES string of the molecule is CCOC=C=C=C1C=CC(=[O+]C)C=C1. The molecule has 0 aliphatic heterocycles.